The van der Waals surface area contributed by atoms with E-state index in [1.54, 1.807) is 42.3 Å². The van der Waals surface area contributed by atoms with Crippen LogP contribution in [-0.4, -0.2) is 37.4 Å². The fourth-order valence-corrected chi connectivity index (χ4v) is 3.00. The molecular formula is C20H21N3O4. The first-order valence-electron chi connectivity index (χ1n) is 8.59. The van der Waals surface area contributed by atoms with Crippen LogP contribution in [0.5, 0.6) is 5.75 Å². The Morgan fingerprint density at radius 3 is 2.67 bits per heavy atom. The van der Waals surface area contributed by atoms with E-state index in [-0.39, 0.29) is 24.2 Å². The van der Waals surface area contributed by atoms with E-state index in [9.17, 15) is 14.4 Å². The molecule has 7 nitrogen and oxygen atoms in total. The van der Waals surface area contributed by atoms with Gasteiger partial charge in [-0.1, -0.05) is 18.2 Å². The van der Waals surface area contributed by atoms with Crippen LogP contribution in [0.3, 0.4) is 0 Å². The van der Waals surface area contributed by atoms with E-state index in [0.717, 1.165) is 5.69 Å². The van der Waals surface area contributed by atoms with Gasteiger partial charge in [0.2, 0.25) is 5.91 Å². The van der Waals surface area contributed by atoms with E-state index in [4.69, 9.17) is 4.74 Å². The number of rotatable bonds is 5. The smallest absolute Gasteiger partial charge is 0.319 e. The monoisotopic (exact) mass is 367 g/mol. The zero-order chi connectivity index (χ0) is 19.4. The molecule has 1 atom stereocenters. The molecule has 27 heavy (non-hydrogen) atoms. The average Bonchev–Trinajstić information content (AvgIpc) is 3.01. The van der Waals surface area contributed by atoms with Crippen molar-refractivity contribution >= 4 is 29.1 Å². The molecule has 140 valence electrons. The molecule has 1 aliphatic heterocycles. The molecular weight excluding hydrogens is 346 g/mol. The van der Waals surface area contributed by atoms with Crippen LogP contribution < -0.4 is 20.3 Å². The molecule has 0 unspecified atom stereocenters. The van der Waals surface area contributed by atoms with Crippen molar-refractivity contribution in [2.75, 3.05) is 23.9 Å². The summed E-state index contributed by atoms with van der Waals surface area (Å²) in [6, 6.07) is 13.2. The Kier molecular flexibility index (Phi) is 5.40. The number of ether oxygens (including phenoxy) is 1. The summed E-state index contributed by atoms with van der Waals surface area (Å²) < 4.78 is 5.19. The van der Waals surface area contributed by atoms with Crippen molar-refractivity contribution in [2.45, 2.75) is 19.4 Å². The average molecular weight is 367 g/mol. The SMILES string of the molecule is COc1cccc(N2C[C@@H](NC(=O)Nc3cccc(C(C)=O)c3)CC2=O)c1. The minimum atomic E-state index is -0.416. The van der Waals surface area contributed by atoms with Gasteiger partial charge >= 0.3 is 6.03 Å². The molecule has 2 aromatic carbocycles. The van der Waals surface area contributed by atoms with E-state index >= 15 is 0 Å². The zero-order valence-electron chi connectivity index (χ0n) is 15.2. The van der Waals surface area contributed by atoms with Gasteiger partial charge in [0.15, 0.2) is 5.78 Å². The van der Waals surface area contributed by atoms with Crippen molar-refractivity contribution in [2.24, 2.45) is 0 Å². The van der Waals surface area contributed by atoms with Crippen LogP contribution in [0.1, 0.15) is 23.7 Å². The van der Waals surface area contributed by atoms with Crippen molar-refractivity contribution in [3.8, 4) is 5.75 Å². The quantitative estimate of drug-likeness (QED) is 0.796. The lowest BCUT2D eigenvalue weighted by molar-refractivity contribution is -0.117. The Hall–Kier alpha value is -3.35. The lowest BCUT2D eigenvalue weighted by atomic mass is 10.1. The lowest BCUT2D eigenvalue weighted by Gasteiger charge is -2.18. The second-order valence-corrected chi connectivity index (χ2v) is 6.34. The largest absolute Gasteiger partial charge is 0.497 e. The standard InChI is InChI=1S/C20H21N3O4/c1-13(24)14-5-3-6-15(9-14)21-20(26)22-16-10-19(25)23(12-16)17-7-4-8-18(11-17)27-2/h3-9,11,16H,10,12H2,1-2H3,(H2,21,22,26)/t16-/m0/s1. The number of urea groups is 1. The predicted molar refractivity (Wildman–Crippen MR) is 102 cm³/mol. The molecule has 3 amide bonds. The third-order valence-electron chi connectivity index (χ3n) is 4.35. The number of nitrogens with zero attached hydrogens (tertiary/aromatic N) is 1. The highest BCUT2D eigenvalue weighted by atomic mass is 16.5. The Morgan fingerprint density at radius 1 is 1.15 bits per heavy atom. The third-order valence-corrected chi connectivity index (χ3v) is 4.35. The number of nitrogens with one attached hydrogen (secondary N) is 2. The number of benzene rings is 2. The number of ketones is 1. The van der Waals surface area contributed by atoms with E-state index in [2.05, 4.69) is 10.6 Å². The Balaban J connectivity index is 1.61. The summed E-state index contributed by atoms with van der Waals surface area (Å²) in [4.78, 5) is 37.6. The number of Topliss-reactive ketones (excluding diaryl/α,β-unsaturated/α-hetero) is 1. The summed E-state index contributed by atoms with van der Waals surface area (Å²) in [6.45, 7) is 1.85. The van der Waals surface area contributed by atoms with Gasteiger partial charge in [-0.15, -0.1) is 0 Å². The van der Waals surface area contributed by atoms with Gasteiger partial charge < -0.3 is 20.3 Å². The number of carbonyl (C=O) groups excluding carboxylic acids is 3. The van der Waals surface area contributed by atoms with Crippen LogP contribution in [0, 0.1) is 0 Å². The van der Waals surface area contributed by atoms with Crippen molar-refractivity contribution in [3.05, 3.63) is 54.1 Å². The molecule has 2 aromatic rings. The number of hydrogen-bond acceptors (Lipinski definition) is 4. The van der Waals surface area contributed by atoms with E-state index in [1.165, 1.54) is 6.92 Å². The minimum absolute atomic E-state index is 0.0628. The summed E-state index contributed by atoms with van der Waals surface area (Å²) >= 11 is 0. The van der Waals surface area contributed by atoms with Gasteiger partial charge in [-0.05, 0) is 31.2 Å². The Bertz CT molecular complexity index is 881. The van der Waals surface area contributed by atoms with E-state index in [0.29, 0.717) is 23.5 Å². The van der Waals surface area contributed by atoms with Gasteiger partial charge in [-0.3, -0.25) is 9.59 Å². The molecule has 0 bridgehead atoms. The van der Waals surface area contributed by atoms with Gasteiger partial charge in [0.25, 0.3) is 0 Å². The highest BCUT2D eigenvalue weighted by molar-refractivity contribution is 5.99. The van der Waals surface area contributed by atoms with Gasteiger partial charge in [-0.2, -0.15) is 0 Å². The highest BCUT2D eigenvalue weighted by Gasteiger charge is 2.31. The number of amides is 3. The lowest BCUT2D eigenvalue weighted by Crippen LogP contribution is -2.39. The van der Waals surface area contributed by atoms with E-state index in [1.807, 2.05) is 18.2 Å². The van der Waals surface area contributed by atoms with Gasteiger partial charge in [0, 0.05) is 36.0 Å². The predicted octanol–water partition coefficient (Wildman–Crippen LogP) is 2.82. The number of carbonyl (C=O) groups is 3. The van der Waals surface area contributed by atoms with Crippen molar-refractivity contribution < 1.29 is 19.1 Å². The van der Waals surface area contributed by atoms with Crippen LogP contribution in [0.15, 0.2) is 48.5 Å². The topological polar surface area (TPSA) is 87.7 Å². The number of anilines is 2. The fourth-order valence-electron chi connectivity index (χ4n) is 3.00. The van der Waals surface area contributed by atoms with Crippen LogP contribution in [0.25, 0.3) is 0 Å². The molecule has 0 aliphatic carbocycles. The Morgan fingerprint density at radius 2 is 1.93 bits per heavy atom. The molecule has 0 saturated carbocycles. The normalized spacial score (nSPS) is 16.1. The summed E-state index contributed by atoms with van der Waals surface area (Å²) in [6.07, 6.45) is 0.220. The highest BCUT2D eigenvalue weighted by Crippen LogP contribution is 2.25. The second kappa shape index (κ2) is 7.90. The third kappa shape index (κ3) is 4.44. The Labute approximate surface area is 157 Å². The van der Waals surface area contributed by atoms with E-state index < -0.39 is 6.03 Å². The maximum Gasteiger partial charge on any atom is 0.319 e. The summed E-state index contributed by atoms with van der Waals surface area (Å²) in [5.74, 6) is 0.529. The second-order valence-electron chi connectivity index (χ2n) is 6.34. The molecule has 0 spiro atoms. The molecule has 1 heterocycles. The summed E-state index contributed by atoms with van der Waals surface area (Å²) in [5.41, 5.74) is 1.78. The molecule has 1 saturated heterocycles. The van der Waals surface area contributed by atoms with Gasteiger partial charge in [0.1, 0.15) is 5.75 Å². The fraction of sp³-hybridized carbons (Fsp3) is 0.250. The first kappa shape index (κ1) is 18.4. The van der Waals surface area contributed by atoms with Gasteiger partial charge in [-0.25, -0.2) is 4.79 Å². The number of hydrogen-bond donors (Lipinski definition) is 2. The van der Waals surface area contributed by atoms with Crippen LogP contribution in [0.4, 0.5) is 16.2 Å². The van der Waals surface area contributed by atoms with Crippen molar-refractivity contribution in [1.29, 1.82) is 0 Å². The molecule has 0 radical (unpaired) electrons. The minimum Gasteiger partial charge on any atom is -0.497 e. The molecule has 2 N–H and O–H groups in total. The molecule has 1 aliphatic rings. The molecule has 1 fully saturated rings. The molecule has 7 heteroatoms. The maximum absolute atomic E-state index is 12.3. The maximum atomic E-state index is 12.3. The zero-order valence-corrected chi connectivity index (χ0v) is 15.2. The van der Waals surface area contributed by atoms with Crippen LogP contribution >= 0.6 is 0 Å². The summed E-state index contributed by atoms with van der Waals surface area (Å²) in [5, 5.41) is 5.51. The molecule has 3 rings (SSSR count). The van der Waals surface area contributed by atoms with Gasteiger partial charge in [0.05, 0.1) is 13.2 Å². The van der Waals surface area contributed by atoms with Crippen LogP contribution in [-0.2, 0) is 4.79 Å². The summed E-state index contributed by atoms with van der Waals surface area (Å²) in [7, 11) is 1.57. The first-order chi connectivity index (χ1) is 13.0. The first-order valence-corrected chi connectivity index (χ1v) is 8.59. The number of methoxy groups -OCH3 is 1. The van der Waals surface area contributed by atoms with Crippen molar-refractivity contribution in [1.82, 2.24) is 5.32 Å². The molecule has 0 aromatic heterocycles. The van der Waals surface area contributed by atoms with Crippen molar-refractivity contribution in [3.63, 3.8) is 0 Å². The van der Waals surface area contributed by atoms with Crippen LogP contribution in [0.2, 0.25) is 0 Å².